The highest BCUT2D eigenvalue weighted by molar-refractivity contribution is 5.89. The molecule has 17 heavy (non-hydrogen) atoms. The molecule has 82 valence electrons. The van der Waals surface area contributed by atoms with E-state index >= 15 is 0 Å². The third-order valence-corrected chi connectivity index (χ3v) is 2.73. The summed E-state index contributed by atoms with van der Waals surface area (Å²) >= 11 is 0. The van der Waals surface area contributed by atoms with Gasteiger partial charge in [-0.05, 0) is 18.2 Å². The maximum absolute atomic E-state index is 12.3. The average molecular weight is 224 g/mol. The summed E-state index contributed by atoms with van der Waals surface area (Å²) in [4.78, 5) is 30.7. The van der Waals surface area contributed by atoms with Gasteiger partial charge in [0, 0.05) is 23.2 Å². The molecular weight excluding hydrogens is 216 g/mol. The molecule has 0 fully saturated rings. The highest BCUT2D eigenvalue weighted by atomic mass is 16.1. The molecule has 0 unspecified atom stereocenters. The Morgan fingerprint density at radius 1 is 0.941 bits per heavy atom. The van der Waals surface area contributed by atoms with Gasteiger partial charge in [0.1, 0.15) is 0 Å². The van der Waals surface area contributed by atoms with Gasteiger partial charge in [-0.3, -0.25) is 14.6 Å². The van der Waals surface area contributed by atoms with E-state index in [2.05, 4.69) is 9.97 Å². The fourth-order valence-electron chi connectivity index (χ4n) is 1.90. The van der Waals surface area contributed by atoms with Crippen LogP contribution in [0.5, 0.6) is 0 Å². The molecule has 0 spiro atoms. The first-order chi connectivity index (χ1) is 8.27. The summed E-state index contributed by atoms with van der Waals surface area (Å²) in [6.45, 7) is 0. The van der Waals surface area contributed by atoms with Gasteiger partial charge >= 0.3 is 0 Å². The minimum Gasteiger partial charge on any atom is -0.321 e. The third kappa shape index (κ3) is 1.42. The molecule has 1 aromatic carbocycles. The van der Waals surface area contributed by atoms with Gasteiger partial charge in [-0.2, -0.15) is 0 Å². The lowest BCUT2D eigenvalue weighted by atomic mass is 10.2. The van der Waals surface area contributed by atoms with Crippen molar-refractivity contribution in [3.05, 3.63) is 63.3 Å². The van der Waals surface area contributed by atoms with Crippen LogP contribution in [0.1, 0.15) is 0 Å². The lowest BCUT2D eigenvalue weighted by molar-refractivity contribution is 1.32. The normalized spacial score (nSPS) is 10.8. The van der Waals surface area contributed by atoms with Crippen LogP contribution in [0.15, 0.2) is 52.3 Å². The molecule has 0 amide bonds. The van der Waals surface area contributed by atoms with Gasteiger partial charge < -0.3 is 4.98 Å². The number of hydrogen-bond acceptors (Lipinski definition) is 3. The summed E-state index contributed by atoms with van der Waals surface area (Å²) in [5.41, 5.74) is 0.0847. The van der Waals surface area contributed by atoms with Crippen LogP contribution in [0.25, 0.3) is 21.7 Å². The molecule has 0 bridgehead atoms. The standard InChI is InChI=1S/C13H8N2O2/c16-12-8-5-6-14-7-10(8)13(17)15-11-4-2-1-3-9(11)12/h1-7H,(H,15,17). The molecule has 4 nitrogen and oxygen atoms in total. The Balaban J connectivity index is 2.79. The molecule has 4 heteroatoms. The topological polar surface area (TPSA) is 62.8 Å². The van der Waals surface area contributed by atoms with Gasteiger partial charge in [0.15, 0.2) is 5.43 Å². The number of nitrogens with one attached hydrogen (secondary N) is 1. The molecule has 2 aromatic heterocycles. The van der Waals surface area contributed by atoms with Crippen molar-refractivity contribution >= 4 is 21.7 Å². The summed E-state index contributed by atoms with van der Waals surface area (Å²) in [6.07, 6.45) is 2.92. The number of fused-ring (bicyclic) bond motifs is 2. The number of nitrogens with zero attached hydrogens (tertiary/aromatic N) is 1. The number of benzene rings is 1. The van der Waals surface area contributed by atoms with E-state index < -0.39 is 0 Å². The van der Waals surface area contributed by atoms with Crippen LogP contribution in [0, 0.1) is 0 Å². The second-order valence-electron chi connectivity index (χ2n) is 3.75. The van der Waals surface area contributed by atoms with Crippen molar-refractivity contribution in [3.8, 4) is 0 Å². The SMILES string of the molecule is O=c1[nH]c2ccccc2c(=O)c2ccncc12. The first kappa shape index (κ1) is 9.72. The predicted molar refractivity (Wildman–Crippen MR) is 66.1 cm³/mol. The molecule has 0 aliphatic carbocycles. The van der Waals surface area contributed by atoms with Gasteiger partial charge in [-0.25, -0.2) is 0 Å². The van der Waals surface area contributed by atoms with Crippen molar-refractivity contribution < 1.29 is 0 Å². The Kier molecular flexibility index (Phi) is 2.01. The minimum absolute atomic E-state index is 0.156. The number of aromatic amines is 1. The van der Waals surface area contributed by atoms with Crippen molar-refractivity contribution in [2.24, 2.45) is 0 Å². The molecule has 0 saturated heterocycles. The van der Waals surface area contributed by atoms with E-state index in [0.717, 1.165) is 0 Å². The largest absolute Gasteiger partial charge is 0.321 e. The molecule has 0 aliphatic heterocycles. The molecule has 0 atom stereocenters. The van der Waals surface area contributed by atoms with Crippen LogP contribution in [-0.4, -0.2) is 9.97 Å². The van der Waals surface area contributed by atoms with Crippen LogP contribution in [0.4, 0.5) is 0 Å². The van der Waals surface area contributed by atoms with Crippen molar-refractivity contribution in [1.82, 2.24) is 9.97 Å². The fraction of sp³-hybridized carbons (Fsp3) is 0. The highest BCUT2D eigenvalue weighted by Crippen LogP contribution is 2.08. The lowest BCUT2D eigenvalue weighted by Crippen LogP contribution is -2.03. The summed E-state index contributed by atoms with van der Waals surface area (Å²) in [5.74, 6) is 0. The molecule has 3 rings (SSSR count). The molecule has 0 radical (unpaired) electrons. The Hall–Kier alpha value is -2.49. The van der Waals surface area contributed by atoms with Crippen LogP contribution in [0.2, 0.25) is 0 Å². The third-order valence-electron chi connectivity index (χ3n) is 2.73. The van der Waals surface area contributed by atoms with E-state index in [1.165, 1.54) is 12.4 Å². The summed E-state index contributed by atoms with van der Waals surface area (Å²) in [7, 11) is 0. The van der Waals surface area contributed by atoms with Crippen molar-refractivity contribution in [2.75, 3.05) is 0 Å². The van der Waals surface area contributed by atoms with Crippen LogP contribution < -0.4 is 11.0 Å². The number of H-pyrrole nitrogens is 1. The van der Waals surface area contributed by atoms with Crippen molar-refractivity contribution in [3.63, 3.8) is 0 Å². The second kappa shape index (κ2) is 3.52. The molecular formula is C13H8N2O2. The highest BCUT2D eigenvalue weighted by Gasteiger charge is 2.04. The molecule has 2 heterocycles. The maximum atomic E-state index is 12.3. The molecule has 3 aromatic rings. The van der Waals surface area contributed by atoms with Crippen LogP contribution >= 0.6 is 0 Å². The van der Waals surface area contributed by atoms with E-state index in [0.29, 0.717) is 21.7 Å². The number of para-hydroxylation sites is 1. The van der Waals surface area contributed by atoms with E-state index in [4.69, 9.17) is 0 Å². The van der Waals surface area contributed by atoms with Gasteiger partial charge in [-0.15, -0.1) is 0 Å². The van der Waals surface area contributed by atoms with Crippen LogP contribution in [-0.2, 0) is 0 Å². The number of aromatic nitrogens is 2. The lowest BCUT2D eigenvalue weighted by Gasteiger charge is -1.88. The Bertz CT molecular complexity index is 837. The number of pyridine rings is 1. The van der Waals surface area contributed by atoms with Crippen molar-refractivity contribution in [1.29, 1.82) is 0 Å². The number of rotatable bonds is 0. The summed E-state index contributed by atoms with van der Waals surface area (Å²) in [6, 6.07) is 8.53. The monoisotopic (exact) mass is 224 g/mol. The first-order valence-electron chi connectivity index (χ1n) is 5.16. The zero-order valence-electron chi connectivity index (χ0n) is 8.81. The zero-order valence-corrected chi connectivity index (χ0v) is 8.81. The Labute approximate surface area is 95.6 Å². The fourth-order valence-corrected chi connectivity index (χ4v) is 1.90. The first-order valence-corrected chi connectivity index (χ1v) is 5.16. The minimum atomic E-state index is -0.300. The zero-order chi connectivity index (χ0) is 11.8. The number of hydrogen-bond donors (Lipinski definition) is 1. The Morgan fingerprint density at radius 3 is 2.65 bits per heavy atom. The smallest absolute Gasteiger partial charge is 0.258 e. The maximum Gasteiger partial charge on any atom is 0.258 e. The van der Waals surface area contributed by atoms with Gasteiger partial charge in [0.2, 0.25) is 0 Å². The molecule has 0 saturated carbocycles. The molecule has 1 N–H and O–H groups in total. The second-order valence-corrected chi connectivity index (χ2v) is 3.75. The van der Waals surface area contributed by atoms with Crippen LogP contribution in [0.3, 0.4) is 0 Å². The van der Waals surface area contributed by atoms with E-state index in [1.807, 2.05) is 0 Å². The molecule has 0 aliphatic rings. The van der Waals surface area contributed by atoms with Gasteiger partial charge in [-0.1, -0.05) is 12.1 Å². The van der Waals surface area contributed by atoms with E-state index in [-0.39, 0.29) is 11.0 Å². The van der Waals surface area contributed by atoms with Gasteiger partial charge in [0.25, 0.3) is 5.56 Å². The predicted octanol–water partition coefficient (Wildman–Crippen LogP) is 1.44. The van der Waals surface area contributed by atoms with Crippen molar-refractivity contribution in [2.45, 2.75) is 0 Å². The van der Waals surface area contributed by atoms with E-state index in [1.54, 1.807) is 30.3 Å². The Morgan fingerprint density at radius 2 is 1.76 bits per heavy atom. The van der Waals surface area contributed by atoms with E-state index in [9.17, 15) is 9.59 Å². The summed E-state index contributed by atoms with van der Waals surface area (Å²) < 4.78 is 0. The quantitative estimate of drug-likeness (QED) is 0.628. The van der Waals surface area contributed by atoms with Gasteiger partial charge in [0.05, 0.1) is 10.9 Å². The summed E-state index contributed by atoms with van der Waals surface area (Å²) in [5, 5.41) is 1.21. The average Bonchev–Trinajstić information content (AvgIpc) is 2.48.